The number of rotatable bonds is 40. The van der Waals surface area contributed by atoms with Gasteiger partial charge in [0.2, 0.25) is 0 Å². The number of esters is 2. The van der Waals surface area contributed by atoms with E-state index >= 15 is 0 Å². The second-order valence-corrected chi connectivity index (χ2v) is 18.4. The largest absolute Gasteiger partial charge is 0.462 e. The molecule has 2 rings (SSSR count). The van der Waals surface area contributed by atoms with Crippen LogP contribution in [-0.4, -0.2) is 142 Å². The second-order valence-electron chi connectivity index (χ2n) is 18.4. The predicted molar refractivity (Wildman–Crippen MR) is 261 cm³/mol. The summed E-state index contributed by atoms with van der Waals surface area (Å²) in [6.07, 6.45) is 27.1. The van der Waals surface area contributed by atoms with Crippen molar-refractivity contribution in [2.45, 2.75) is 248 Å². The van der Waals surface area contributed by atoms with Gasteiger partial charge in [0.25, 0.3) is 0 Å². The summed E-state index contributed by atoms with van der Waals surface area (Å²) in [5.74, 6) is -0.959. The Kier molecular flexibility index (Phi) is 36.3. The molecule has 0 amide bonds. The van der Waals surface area contributed by atoms with Crippen molar-refractivity contribution in [2.75, 3.05) is 26.4 Å². The molecule has 7 N–H and O–H groups in total. The molecule has 4 unspecified atom stereocenters. The molecule has 0 aromatic carbocycles. The molecular formula is C53H92O15. The van der Waals surface area contributed by atoms with Crippen molar-refractivity contribution in [3.8, 4) is 0 Å². The maximum absolute atomic E-state index is 13.0. The molecule has 15 nitrogen and oxygen atoms in total. The van der Waals surface area contributed by atoms with Gasteiger partial charge in [-0.15, -0.1) is 0 Å². The van der Waals surface area contributed by atoms with E-state index in [2.05, 4.69) is 62.5 Å². The van der Waals surface area contributed by atoms with E-state index in [4.69, 9.17) is 28.4 Å². The molecule has 2 aliphatic heterocycles. The Hall–Kier alpha value is -2.54. The van der Waals surface area contributed by atoms with Gasteiger partial charge in [0.05, 0.1) is 19.8 Å². The van der Waals surface area contributed by atoms with Gasteiger partial charge in [-0.3, -0.25) is 9.59 Å². The van der Waals surface area contributed by atoms with E-state index in [1.807, 2.05) is 0 Å². The fraction of sp³-hybridized carbons (Fsp3) is 0.811. The molecular weight excluding hydrogens is 877 g/mol. The van der Waals surface area contributed by atoms with Gasteiger partial charge < -0.3 is 64.2 Å². The predicted octanol–water partition coefficient (Wildman–Crippen LogP) is 7.49. The topological polar surface area (TPSA) is 231 Å². The van der Waals surface area contributed by atoms with E-state index in [0.29, 0.717) is 12.8 Å². The normalized spacial score (nSPS) is 26.1. The van der Waals surface area contributed by atoms with Crippen molar-refractivity contribution in [1.29, 1.82) is 0 Å². The summed E-state index contributed by atoms with van der Waals surface area (Å²) >= 11 is 0. The summed E-state index contributed by atoms with van der Waals surface area (Å²) in [5, 5.41) is 72.1. The van der Waals surface area contributed by atoms with Gasteiger partial charge in [-0.05, 0) is 57.8 Å². The SMILES string of the molecule is CCCCC/C=C/C/C=C/C/C=C/C/C=C/CCCCCC(=O)O[C@H](COC(=O)CCCCCCCCCCCCCCC)CO[C@H]1O[C@@H](CO[C@H]2O[C@@H](CO)[C@@H](O)C(O)C2O)[C@@H](O)C(O)C1O. The third-order valence-electron chi connectivity index (χ3n) is 12.3. The molecule has 0 aliphatic carbocycles. The smallest absolute Gasteiger partial charge is 0.306 e. The molecule has 0 saturated carbocycles. The number of hydrogen-bond donors (Lipinski definition) is 7. The van der Waals surface area contributed by atoms with Crippen molar-refractivity contribution in [1.82, 2.24) is 0 Å². The summed E-state index contributed by atoms with van der Waals surface area (Å²) in [7, 11) is 0. The minimum absolute atomic E-state index is 0.128. The molecule has 2 heterocycles. The van der Waals surface area contributed by atoms with Gasteiger partial charge in [-0.2, -0.15) is 0 Å². The van der Waals surface area contributed by atoms with Crippen molar-refractivity contribution in [2.24, 2.45) is 0 Å². The van der Waals surface area contributed by atoms with Crippen molar-refractivity contribution in [3.05, 3.63) is 48.6 Å². The van der Waals surface area contributed by atoms with E-state index in [-0.39, 0.29) is 19.4 Å². The van der Waals surface area contributed by atoms with Gasteiger partial charge in [0, 0.05) is 12.8 Å². The first-order valence-electron chi connectivity index (χ1n) is 26.2. The van der Waals surface area contributed by atoms with Crippen LogP contribution < -0.4 is 0 Å². The monoisotopic (exact) mass is 969 g/mol. The molecule has 2 fully saturated rings. The molecule has 2 aliphatic rings. The zero-order valence-corrected chi connectivity index (χ0v) is 41.6. The molecule has 11 atom stereocenters. The van der Waals surface area contributed by atoms with Crippen LogP contribution in [0, 0.1) is 0 Å². The standard InChI is InChI=1S/C53H92O15/c1-3-5-7-9-11-13-15-17-18-19-20-21-22-24-26-28-30-32-34-36-45(56)66-41(38-63-44(55)35-33-31-29-27-25-23-16-14-12-10-8-6-4-2)39-64-52-51(62)49(60)47(58)43(68-52)40-65-53-50(61)48(59)46(57)42(37-54)67-53/h11,13,17-18,20-21,24,26,41-43,46-54,57-62H,3-10,12,14-16,19,22-23,25,27-40H2,1-2H3/b13-11+,18-17+,21-20+,26-24+/t41-,42+,43+,46-,47-,48?,49?,50?,51?,52+,53+/m1/s1. The third kappa shape index (κ3) is 27.7. The number of hydrogen-bond acceptors (Lipinski definition) is 15. The molecule has 0 aromatic heterocycles. The van der Waals surface area contributed by atoms with Gasteiger partial charge in [0.1, 0.15) is 55.4 Å². The average molecular weight is 969 g/mol. The molecule has 2 saturated heterocycles. The third-order valence-corrected chi connectivity index (χ3v) is 12.3. The molecule has 394 valence electrons. The summed E-state index contributed by atoms with van der Waals surface area (Å²) < 4.78 is 33.5. The first-order chi connectivity index (χ1) is 33.0. The summed E-state index contributed by atoms with van der Waals surface area (Å²) in [5.41, 5.74) is 0. The van der Waals surface area contributed by atoms with Gasteiger partial charge in [0.15, 0.2) is 18.7 Å². The van der Waals surface area contributed by atoms with Crippen LogP contribution >= 0.6 is 0 Å². The molecule has 0 spiro atoms. The van der Waals surface area contributed by atoms with Gasteiger partial charge in [-0.25, -0.2) is 0 Å². The summed E-state index contributed by atoms with van der Waals surface area (Å²) in [4.78, 5) is 25.8. The average Bonchev–Trinajstić information content (AvgIpc) is 3.33. The molecule has 15 heteroatoms. The van der Waals surface area contributed by atoms with Crippen LogP contribution in [0.2, 0.25) is 0 Å². The maximum atomic E-state index is 13.0. The Morgan fingerprint density at radius 1 is 0.471 bits per heavy atom. The maximum Gasteiger partial charge on any atom is 0.306 e. The quantitative estimate of drug-likeness (QED) is 0.0179. The van der Waals surface area contributed by atoms with E-state index in [0.717, 1.165) is 64.2 Å². The van der Waals surface area contributed by atoms with Crippen molar-refractivity contribution >= 4 is 11.9 Å². The fourth-order valence-corrected chi connectivity index (χ4v) is 7.96. The lowest BCUT2D eigenvalue weighted by molar-refractivity contribution is -0.332. The Morgan fingerprint density at radius 2 is 0.882 bits per heavy atom. The summed E-state index contributed by atoms with van der Waals surface area (Å²) in [6, 6.07) is 0. The van der Waals surface area contributed by atoms with Crippen LogP contribution in [0.3, 0.4) is 0 Å². The molecule has 0 bridgehead atoms. The minimum atomic E-state index is -1.77. The van der Waals surface area contributed by atoms with E-state index in [1.165, 1.54) is 77.0 Å². The van der Waals surface area contributed by atoms with Crippen LogP contribution in [-0.2, 0) is 38.0 Å². The number of carbonyl (C=O) groups excluding carboxylic acids is 2. The number of carbonyl (C=O) groups is 2. The Morgan fingerprint density at radius 3 is 1.41 bits per heavy atom. The van der Waals surface area contributed by atoms with Crippen LogP contribution in [0.5, 0.6) is 0 Å². The number of aliphatic hydroxyl groups is 7. The lowest BCUT2D eigenvalue weighted by atomic mass is 9.98. The highest BCUT2D eigenvalue weighted by molar-refractivity contribution is 5.70. The Balaban J connectivity index is 1.82. The van der Waals surface area contributed by atoms with Crippen LogP contribution in [0.1, 0.15) is 181 Å². The van der Waals surface area contributed by atoms with Gasteiger partial charge >= 0.3 is 11.9 Å². The van der Waals surface area contributed by atoms with E-state index in [9.17, 15) is 45.3 Å². The molecule has 0 radical (unpaired) electrons. The van der Waals surface area contributed by atoms with Crippen LogP contribution in [0.4, 0.5) is 0 Å². The zero-order chi connectivity index (χ0) is 49.6. The fourth-order valence-electron chi connectivity index (χ4n) is 7.96. The van der Waals surface area contributed by atoms with Crippen LogP contribution in [0.25, 0.3) is 0 Å². The lowest BCUT2D eigenvalue weighted by Gasteiger charge is -2.42. The zero-order valence-electron chi connectivity index (χ0n) is 41.6. The van der Waals surface area contributed by atoms with Crippen molar-refractivity contribution in [3.63, 3.8) is 0 Å². The van der Waals surface area contributed by atoms with Gasteiger partial charge in [-0.1, -0.05) is 159 Å². The van der Waals surface area contributed by atoms with Crippen LogP contribution in [0.15, 0.2) is 48.6 Å². The highest BCUT2D eigenvalue weighted by Crippen LogP contribution is 2.26. The van der Waals surface area contributed by atoms with E-state index in [1.54, 1.807) is 0 Å². The van der Waals surface area contributed by atoms with E-state index < -0.39 is 99.3 Å². The van der Waals surface area contributed by atoms with Crippen molar-refractivity contribution < 1.29 is 73.8 Å². The first-order valence-corrected chi connectivity index (χ1v) is 26.2. The highest BCUT2D eigenvalue weighted by Gasteiger charge is 2.47. The number of allylic oxidation sites excluding steroid dienone is 8. The minimum Gasteiger partial charge on any atom is -0.462 e. The highest BCUT2D eigenvalue weighted by atomic mass is 16.7. The molecule has 68 heavy (non-hydrogen) atoms. The second kappa shape index (κ2) is 40.1. The Labute approximate surface area is 408 Å². The lowest BCUT2D eigenvalue weighted by Crippen LogP contribution is -2.61. The number of unbranched alkanes of at least 4 members (excludes halogenated alkanes) is 18. The first kappa shape index (κ1) is 61.6. The summed E-state index contributed by atoms with van der Waals surface area (Å²) in [6.45, 7) is 2.53. The number of aliphatic hydroxyl groups excluding tert-OH is 7. The molecule has 0 aromatic rings. The Bertz CT molecular complexity index is 1370. The number of ether oxygens (including phenoxy) is 6.